The number of carbonyl (C=O) groups excluding carboxylic acids is 1. The van der Waals surface area contributed by atoms with E-state index in [1.165, 1.54) is 12.5 Å². The van der Waals surface area contributed by atoms with Gasteiger partial charge in [-0.25, -0.2) is 0 Å². The number of carbonyl (C=O) groups is 1. The summed E-state index contributed by atoms with van der Waals surface area (Å²) in [7, 11) is 0. The first kappa shape index (κ1) is 15.0. The van der Waals surface area contributed by atoms with Gasteiger partial charge in [0, 0.05) is 25.8 Å². The van der Waals surface area contributed by atoms with E-state index in [1.807, 2.05) is 12.1 Å². The second kappa shape index (κ2) is 7.41. The average Bonchev–Trinajstić information content (AvgIpc) is 2.45. The molecule has 0 aliphatic carbocycles. The van der Waals surface area contributed by atoms with Gasteiger partial charge in [-0.15, -0.1) is 0 Å². The van der Waals surface area contributed by atoms with Crippen LogP contribution in [0, 0.1) is 0 Å². The maximum Gasteiger partial charge on any atom is 0.221 e. The second-order valence-corrected chi connectivity index (χ2v) is 5.50. The molecular weight excluding hydrogens is 252 g/mol. The minimum Gasteiger partial charge on any atom is -0.396 e. The number of benzene rings is 1. The van der Waals surface area contributed by atoms with Crippen LogP contribution >= 0.6 is 0 Å². The minimum atomic E-state index is -0.0269. The van der Waals surface area contributed by atoms with Crippen molar-refractivity contribution in [2.75, 3.05) is 31.6 Å². The van der Waals surface area contributed by atoms with Gasteiger partial charge in [0.1, 0.15) is 0 Å². The summed E-state index contributed by atoms with van der Waals surface area (Å²) in [6.45, 7) is 4.99. The van der Waals surface area contributed by atoms with Gasteiger partial charge in [-0.05, 0) is 56.0 Å². The zero-order chi connectivity index (χ0) is 14.4. The lowest BCUT2D eigenvalue weighted by Gasteiger charge is -2.32. The van der Waals surface area contributed by atoms with Crippen LogP contribution in [-0.4, -0.2) is 42.2 Å². The number of rotatable bonds is 5. The fraction of sp³-hybridized carbons (Fsp3) is 0.562. The first-order valence-electron chi connectivity index (χ1n) is 7.40. The molecule has 0 bridgehead atoms. The molecule has 0 aromatic heterocycles. The molecule has 1 aliphatic rings. The van der Waals surface area contributed by atoms with Crippen molar-refractivity contribution in [3.8, 4) is 0 Å². The van der Waals surface area contributed by atoms with E-state index in [9.17, 15) is 4.79 Å². The van der Waals surface area contributed by atoms with E-state index < -0.39 is 0 Å². The van der Waals surface area contributed by atoms with E-state index >= 15 is 0 Å². The molecule has 20 heavy (non-hydrogen) atoms. The van der Waals surface area contributed by atoms with Crippen LogP contribution in [0.2, 0.25) is 0 Å². The first-order valence-corrected chi connectivity index (χ1v) is 7.40. The highest BCUT2D eigenvalue weighted by Crippen LogP contribution is 2.29. The normalized spacial score (nSPS) is 17.1. The topological polar surface area (TPSA) is 52.6 Å². The molecular formula is C16H24N2O2. The quantitative estimate of drug-likeness (QED) is 0.867. The van der Waals surface area contributed by atoms with Gasteiger partial charge in [0.05, 0.1) is 0 Å². The van der Waals surface area contributed by atoms with Gasteiger partial charge in [-0.2, -0.15) is 0 Å². The molecule has 0 radical (unpaired) electrons. The highest BCUT2D eigenvalue weighted by molar-refractivity contribution is 5.88. The SMILES string of the molecule is CC(=O)Nc1cccc(C2CCN(CCCO)CC2)c1. The lowest BCUT2D eigenvalue weighted by Crippen LogP contribution is -2.34. The third-order valence-corrected chi connectivity index (χ3v) is 3.90. The summed E-state index contributed by atoms with van der Waals surface area (Å²) in [6, 6.07) is 8.19. The van der Waals surface area contributed by atoms with Crippen LogP contribution in [0.3, 0.4) is 0 Å². The minimum absolute atomic E-state index is 0.0269. The zero-order valence-corrected chi connectivity index (χ0v) is 12.1. The van der Waals surface area contributed by atoms with E-state index in [4.69, 9.17) is 5.11 Å². The summed E-state index contributed by atoms with van der Waals surface area (Å²) in [5.41, 5.74) is 2.20. The molecule has 0 atom stereocenters. The molecule has 1 heterocycles. The standard InChI is InChI=1S/C16H24N2O2/c1-13(20)17-16-5-2-4-15(12-16)14-6-9-18(10-7-14)8-3-11-19/h2,4-5,12,14,19H,3,6-11H2,1H3,(H,17,20). The van der Waals surface area contributed by atoms with Gasteiger partial charge in [0.2, 0.25) is 5.91 Å². The van der Waals surface area contributed by atoms with Crippen LogP contribution in [0.15, 0.2) is 24.3 Å². The van der Waals surface area contributed by atoms with Crippen molar-refractivity contribution in [2.24, 2.45) is 0 Å². The molecule has 2 N–H and O–H groups in total. The summed E-state index contributed by atoms with van der Waals surface area (Å²) in [4.78, 5) is 13.5. The molecule has 1 aromatic carbocycles. The number of nitrogens with one attached hydrogen (secondary N) is 1. The number of hydrogen-bond acceptors (Lipinski definition) is 3. The Balaban J connectivity index is 1.91. The van der Waals surface area contributed by atoms with Crippen LogP contribution in [0.25, 0.3) is 0 Å². The maximum absolute atomic E-state index is 11.1. The third-order valence-electron chi connectivity index (χ3n) is 3.90. The molecule has 0 saturated carbocycles. The molecule has 4 heteroatoms. The Labute approximate surface area is 120 Å². The number of anilines is 1. The van der Waals surface area contributed by atoms with Gasteiger partial charge in [0.15, 0.2) is 0 Å². The Morgan fingerprint density at radius 1 is 1.40 bits per heavy atom. The monoisotopic (exact) mass is 276 g/mol. The molecule has 4 nitrogen and oxygen atoms in total. The summed E-state index contributed by atoms with van der Waals surface area (Å²) < 4.78 is 0. The zero-order valence-electron chi connectivity index (χ0n) is 12.1. The van der Waals surface area contributed by atoms with E-state index in [0.29, 0.717) is 5.92 Å². The fourth-order valence-electron chi connectivity index (χ4n) is 2.86. The van der Waals surface area contributed by atoms with Gasteiger partial charge >= 0.3 is 0 Å². The van der Waals surface area contributed by atoms with Crippen molar-refractivity contribution >= 4 is 11.6 Å². The first-order chi connectivity index (χ1) is 9.69. The fourth-order valence-corrected chi connectivity index (χ4v) is 2.86. The van der Waals surface area contributed by atoms with Gasteiger partial charge < -0.3 is 15.3 Å². The molecule has 1 aromatic rings. The summed E-state index contributed by atoms with van der Waals surface area (Å²) in [5.74, 6) is 0.551. The number of aliphatic hydroxyl groups excluding tert-OH is 1. The number of likely N-dealkylation sites (tertiary alicyclic amines) is 1. The Kier molecular flexibility index (Phi) is 5.56. The van der Waals surface area contributed by atoms with Crippen molar-refractivity contribution < 1.29 is 9.90 Å². The molecule has 1 aliphatic heterocycles. The van der Waals surface area contributed by atoms with Crippen molar-refractivity contribution in [2.45, 2.75) is 32.1 Å². The van der Waals surface area contributed by atoms with Crippen LogP contribution in [0.1, 0.15) is 37.7 Å². The third kappa shape index (κ3) is 4.32. The van der Waals surface area contributed by atoms with Gasteiger partial charge in [-0.1, -0.05) is 12.1 Å². The summed E-state index contributed by atoms with van der Waals surface area (Å²) in [6.07, 6.45) is 3.16. The van der Waals surface area contributed by atoms with E-state index in [2.05, 4.69) is 22.3 Å². The van der Waals surface area contributed by atoms with Crippen LogP contribution in [-0.2, 0) is 4.79 Å². The van der Waals surface area contributed by atoms with E-state index in [0.717, 1.165) is 44.6 Å². The second-order valence-electron chi connectivity index (χ2n) is 5.50. The smallest absolute Gasteiger partial charge is 0.221 e. The Hall–Kier alpha value is -1.39. The molecule has 0 spiro atoms. The highest BCUT2D eigenvalue weighted by atomic mass is 16.3. The highest BCUT2D eigenvalue weighted by Gasteiger charge is 2.20. The number of amides is 1. The largest absolute Gasteiger partial charge is 0.396 e. The number of aliphatic hydroxyl groups is 1. The number of piperidine rings is 1. The number of hydrogen-bond donors (Lipinski definition) is 2. The molecule has 1 saturated heterocycles. The van der Waals surface area contributed by atoms with Crippen molar-refractivity contribution in [1.29, 1.82) is 0 Å². The molecule has 0 unspecified atom stereocenters. The van der Waals surface area contributed by atoms with Crippen LogP contribution in [0.4, 0.5) is 5.69 Å². The van der Waals surface area contributed by atoms with E-state index in [-0.39, 0.29) is 12.5 Å². The predicted molar refractivity (Wildman–Crippen MR) is 80.9 cm³/mol. The maximum atomic E-state index is 11.1. The molecule has 1 amide bonds. The Bertz CT molecular complexity index is 440. The lowest BCUT2D eigenvalue weighted by molar-refractivity contribution is -0.114. The molecule has 110 valence electrons. The molecule has 2 rings (SSSR count). The van der Waals surface area contributed by atoms with Crippen molar-refractivity contribution in [3.05, 3.63) is 29.8 Å². The van der Waals surface area contributed by atoms with Crippen LogP contribution in [0.5, 0.6) is 0 Å². The Morgan fingerprint density at radius 3 is 2.80 bits per heavy atom. The Morgan fingerprint density at radius 2 is 2.15 bits per heavy atom. The predicted octanol–water partition coefficient (Wildman–Crippen LogP) is 2.21. The summed E-state index contributed by atoms with van der Waals surface area (Å²) in [5, 5.41) is 11.7. The molecule has 1 fully saturated rings. The van der Waals surface area contributed by atoms with Crippen LogP contribution < -0.4 is 5.32 Å². The lowest BCUT2D eigenvalue weighted by atomic mass is 9.89. The van der Waals surface area contributed by atoms with Crippen molar-refractivity contribution in [1.82, 2.24) is 4.90 Å². The summed E-state index contributed by atoms with van der Waals surface area (Å²) >= 11 is 0. The van der Waals surface area contributed by atoms with Crippen molar-refractivity contribution in [3.63, 3.8) is 0 Å². The average molecular weight is 276 g/mol. The number of nitrogens with zero attached hydrogens (tertiary/aromatic N) is 1. The van der Waals surface area contributed by atoms with E-state index in [1.54, 1.807) is 0 Å². The van der Waals surface area contributed by atoms with Gasteiger partial charge in [0.25, 0.3) is 0 Å². The van der Waals surface area contributed by atoms with Gasteiger partial charge in [-0.3, -0.25) is 4.79 Å².